The first-order chi connectivity index (χ1) is 7.47. The molecule has 16 heavy (non-hydrogen) atoms. The SMILES string of the molecule is CN(C)C1CCCN(S(=O)(=O)CCCO)C1. The van der Waals surface area contributed by atoms with Crippen molar-refractivity contribution in [3.05, 3.63) is 0 Å². The van der Waals surface area contributed by atoms with E-state index in [1.807, 2.05) is 14.1 Å². The van der Waals surface area contributed by atoms with Crippen molar-refractivity contribution < 1.29 is 13.5 Å². The van der Waals surface area contributed by atoms with Crippen molar-refractivity contribution in [3.8, 4) is 0 Å². The molecule has 0 spiro atoms. The van der Waals surface area contributed by atoms with Gasteiger partial charge in [0.25, 0.3) is 0 Å². The fourth-order valence-electron chi connectivity index (χ4n) is 1.97. The van der Waals surface area contributed by atoms with E-state index in [9.17, 15) is 8.42 Å². The zero-order chi connectivity index (χ0) is 12.2. The molecule has 1 rings (SSSR count). The number of piperidine rings is 1. The Kier molecular flexibility index (Phi) is 5.17. The summed E-state index contributed by atoms with van der Waals surface area (Å²) in [5, 5.41) is 8.68. The standard InChI is InChI=1S/C10H22N2O3S/c1-11(2)10-5-3-6-12(9-10)16(14,15)8-4-7-13/h10,13H,3-9H2,1-2H3. The topological polar surface area (TPSA) is 60.9 Å². The van der Waals surface area contributed by atoms with Crippen molar-refractivity contribution in [1.82, 2.24) is 9.21 Å². The lowest BCUT2D eigenvalue weighted by Gasteiger charge is -2.35. The zero-order valence-electron chi connectivity index (χ0n) is 10.1. The van der Waals surface area contributed by atoms with Gasteiger partial charge in [-0.2, -0.15) is 0 Å². The highest BCUT2D eigenvalue weighted by Crippen LogP contribution is 2.17. The molecule has 0 aromatic rings. The summed E-state index contributed by atoms with van der Waals surface area (Å²) in [4.78, 5) is 2.08. The van der Waals surface area contributed by atoms with Crippen LogP contribution in [0.15, 0.2) is 0 Å². The molecule has 0 aromatic carbocycles. The van der Waals surface area contributed by atoms with Gasteiger partial charge in [-0.15, -0.1) is 0 Å². The Morgan fingerprint density at radius 1 is 1.44 bits per heavy atom. The molecule has 1 atom stereocenters. The molecule has 1 unspecified atom stereocenters. The normalized spacial score (nSPS) is 23.9. The fourth-order valence-corrected chi connectivity index (χ4v) is 3.53. The van der Waals surface area contributed by atoms with Crippen LogP contribution in [0, 0.1) is 0 Å². The van der Waals surface area contributed by atoms with Crippen LogP contribution in [0.2, 0.25) is 0 Å². The lowest BCUT2D eigenvalue weighted by Crippen LogP contribution is -2.48. The highest BCUT2D eigenvalue weighted by molar-refractivity contribution is 7.89. The van der Waals surface area contributed by atoms with Gasteiger partial charge in [0, 0.05) is 25.7 Å². The smallest absolute Gasteiger partial charge is 0.214 e. The molecule has 1 aliphatic heterocycles. The van der Waals surface area contributed by atoms with Crippen molar-refractivity contribution in [2.24, 2.45) is 0 Å². The largest absolute Gasteiger partial charge is 0.396 e. The van der Waals surface area contributed by atoms with E-state index in [1.165, 1.54) is 0 Å². The summed E-state index contributed by atoms with van der Waals surface area (Å²) in [6, 6.07) is 0.317. The number of aliphatic hydroxyl groups excluding tert-OH is 1. The molecule has 1 N–H and O–H groups in total. The molecular weight excluding hydrogens is 228 g/mol. The van der Waals surface area contributed by atoms with Crippen LogP contribution in [-0.2, 0) is 10.0 Å². The number of hydrogen-bond donors (Lipinski definition) is 1. The van der Waals surface area contributed by atoms with E-state index in [1.54, 1.807) is 4.31 Å². The molecule has 96 valence electrons. The van der Waals surface area contributed by atoms with E-state index in [4.69, 9.17) is 5.11 Å². The Morgan fingerprint density at radius 3 is 2.69 bits per heavy atom. The second kappa shape index (κ2) is 5.95. The highest BCUT2D eigenvalue weighted by Gasteiger charge is 2.29. The third-order valence-corrected chi connectivity index (χ3v) is 4.97. The Hall–Kier alpha value is -0.170. The van der Waals surface area contributed by atoms with Crippen LogP contribution in [0.5, 0.6) is 0 Å². The number of aliphatic hydroxyl groups is 1. The summed E-state index contributed by atoms with van der Waals surface area (Å²) < 4.78 is 25.4. The number of likely N-dealkylation sites (N-methyl/N-ethyl adjacent to an activating group) is 1. The van der Waals surface area contributed by atoms with Gasteiger partial charge in [-0.25, -0.2) is 12.7 Å². The van der Waals surface area contributed by atoms with Gasteiger partial charge in [-0.05, 0) is 33.4 Å². The maximum Gasteiger partial charge on any atom is 0.214 e. The van der Waals surface area contributed by atoms with Crippen LogP contribution >= 0.6 is 0 Å². The van der Waals surface area contributed by atoms with Crippen LogP contribution in [0.3, 0.4) is 0 Å². The Bertz CT molecular complexity index is 303. The van der Waals surface area contributed by atoms with E-state index >= 15 is 0 Å². The Labute approximate surface area is 98.1 Å². The quantitative estimate of drug-likeness (QED) is 0.729. The minimum absolute atomic E-state index is 0.0592. The molecule has 1 aliphatic rings. The average Bonchev–Trinajstić information content (AvgIpc) is 2.26. The summed E-state index contributed by atoms with van der Waals surface area (Å²) in [7, 11) is 0.796. The zero-order valence-corrected chi connectivity index (χ0v) is 10.9. The van der Waals surface area contributed by atoms with Gasteiger partial charge in [-0.3, -0.25) is 0 Å². The first-order valence-corrected chi connectivity index (χ1v) is 7.33. The molecule has 0 saturated carbocycles. The molecule has 1 fully saturated rings. The fraction of sp³-hybridized carbons (Fsp3) is 1.00. The maximum absolute atomic E-state index is 11.9. The number of nitrogens with zero attached hydrogens (tertiary/aromatic N) is 2. The van der Waals surface area contributed by atoms with Crippen molar-refractivity contribution >= 4 is 10.0 Å². The number of hydrogen-bond acceptors (Lipinski definition) is 4. The van der Waals surface area contributed by atoms with Crippen molar-refractivity contribution in [2.75, 3.05) is 39.5 Å². The van der Waals surface area contributed by atoms with Crippen LogP contribution < -0.4 is 0 Å². The Balaban J connectivity index is 2.59. The molecule has 0 bridgehead atoms. The molecule has 0 aliphatic carbocycles. The second-order valence-corrected chi connectivity index (χ2v) is 6.60. The minimum Gasteiger partial charge on any atom is -0.396 e. The first-order valence-electron chi connectivity index (χ1n) is 5.72. The van der Waals surface area contributed by atoms with Crippen LogP contribution in [0.25, 0.3) is 0 Å². The summed E-state index contributed by atoms with van der Waals surface area (Å²) in [5.41, 5.74) is 0. The predicted octanol–water partition coefficient (Wildman–Crippen LogP) is -0.275. The molecule has 0 aromatic heterocycles. The Morgan fingerprint density at radius 2 is 2.12 bits per heavy atom. The van der Waals surface area contributed by atoms with Gasteiger partial charge >= 0.3 is 0 Å². The van der Waals surface area contributed by atoms with E-state index < -0.39 is 10.0 Å². The van der Waals surface area contributed by atoms with Crippen molar-refractivity contribution in [3.63, 3.8) is 0 Å². The molecule has 1 heterocycles. The third kappa shape index (κ3) is 3.69. The monoisotopic (exact) mass is 250 g/mol. The summed E-state index contributed by atoms with van der Waals surface area (Å²) in [6.45, 7) is 1.14. The highest BCUT2D eigenvalue weighted by atomic mass is 32.2. The summed E-state index contributed by atoms with van der Waals surface area (Å²) in [5.74, 6) is 0.0592. The minimum atomic E-state index is -3.17. The maximum atomic E-state index is 11.9. The van der Waals surface area contributed by atoms with E-state index in [0.29, 0.717) is 25.6 Å². The van der Waals surface area contributed by atoms with E-state index in [-0.39, 0.29) is 12.4 Å². The van der Waals surface area contributed by atoms with E-state index in [0.717, 1.165) is 12.8 Å². The summed E-state index contributed by atoms with van der Waals surface area (Å²) >= 11 is 0. The van der Waals surface area contributed by atoms with E-state index in [2.05, 4.69) is 4.90 Å². The number of rotatable bonds is 5. The lowest BCUT2D eigenvalue weighted by molar-refractivity contribution is 0.190. The molecule has 6 heteroatoms. The van der Waals surface area contributed by atoms with Gasteiger partial charge < -0.3 is 10.0 Å². The molecule has 0 radical (unpaired) electrons. The van der Waals surface area contributed by atoms with Gasteiger partial charge in [0.1, 0.15) is 0 Å². The van der Waals surface area contributed by atoms with Gasteiger partial charge in [0.05, 0.1) is 5.75 Å². The first kappa shape index (κ1) is 13.9. The molecular formula is C10H22N2O3S. The number of sulfonamides is 1. The summed E-state index contributed by atoms with van der Waals surface area (Å²) in [6.07, 6.45) is 2.30. The van der Waals surface area contributed by atoms with Crippen LogP contribution in [0.1, 0.15) is 19.3 Å². The van der Waals surface area contributed by atoms with Gasteiger partial charge in [-0.1, -0.05) is 0 Å². The molecule has 0 amide bonds. The van der Waals surface area contributed by atoms with Crippen molar-refractivity contribution in [2.45, 2.75) is 25.3 Å². The predicted molar refractivity (Wildman–Crippen MR) is 63.8 cm³/mol. The molecule has 1 saturated heterocycles. The van der Waals surface area contributed by atoms with Crippen LogP contribution in [-0.4, -0.2) is 68.3 Å². The van der Waals surface area contributed by atoms with Gasteiger partial charge in [0.15, 0.2) is 0 Å². The lowest BCUT2D eigenvalue weighted by atomic mass is 10.1. The average molecular weight is 250 g/mol. The third-order valence-electron chi connectivity index (χ3n) is 3.04. The second-order valence-electron chi connectivity index (χ2n) is 4.51. The van der Waals surface area contributed by atoms with Gasteiger partial charge in [0.2, 0.25) is 10.0 Å². The molecule has 5 nitrogen and oxygen atoms in total. The van der Waals surface area contributed by atoms with Crippen LogP contribution in [0.4, 0.5) is 0 Å². The van der Waals surface area contributed by atoms with Crippen molar-refractivity contribution in [1.29, 1.82) is 0 Å².